The average molecular weight is 461 g/mol. The molecule has 3 fully saturated rings. The molecular formula is C26H24ClF3O2. The molecule has 2 bridgehead atoms. The number of hydrogen-bond acceptors (Lipinski definition) is 2. The molecule has 4 aliphatic carbocycles. The Morgan fingerprint density at radius 1 is 0.969 bits per heavy atom. The first-order valence-corrected chi connectivity index (χ1v) is 11.6. The van der Waals surface area contributed by atoms with Gasteiger partial charge >= 0.3 is 6.18 Å². The minimum Gasteiger partial charge on any atom is -0.511 e. The number of halogens is 4. The SMILES string of the molecule is CCc1ccc(-c2ccc(Cl)c(C(F)(F)F)c2)cc1C1=C(O)[C@H]2C3CCC(CC3)C2C1=O. The van der Waals surface area contributed by atoms with Crippen molar-refractivity contribution >= 4 is 23.0 Å². The van der Waals surface area contributed by atoms with Gasteiger partial charge < -0.3 is 5.11 Å². The lowest BCUT2D eigenvalue weighted by Gasteiger charge is -2.44. The number of carbonyl (C=O) groups is 1. The number of alkyl halides is 3. The Morgan fingerprint density at radius 3 is 2.16 bits per heavy atom. The van der Waals surface area contributed by atoms with Crippen molar-refractivity contribution in [1.29, 1.82) is 0 Å². The third-order valence-electron chi connectivity index (χ3n) is 7.71. The summed E-state index contributed by atoms with van der Waals surface area (Å²) in [5.74, 6) is 0.583. The van der Waals surface area contributed by atoms with Gasteiger partial charge in [0.1, 0.15) is 5.76 Å². The van der Waals surface area contributed by atoms with Crippen molar-refractivity contribution < 1.29 is 23.1 Å². The second-order valence-electron chi connectivity index (χ2n) is 9.27. The number of aryl methyl sites for hydroxylation is 1. The van der Waals surface area contributed by atoms with Crippen molar-refractivity contribution in [3.63, 3.8) is 0 Å². The number of carbonyl (C=O) groups excluding carboxylic acids is 1. The molecule has 2 nitrogen and oxygen atoms in total. The van der Waals surface area contributed by atoms with Crippen molar-refractivity contribution in [3.8, 4) is 11.1 Å². The molecule has 0 heterocycles. The van der Waals surface area contributed by atoms with Gasteiger partial charge in [0.15, 0.2) is 5.78 Å². The van der Waals surface area contributed by atoms with Gasteiger partial charge in [-0.05, 0) is 84.4 Å². The van der Waals surface area contributed by atoms with Crippen molar-refractivity contribution in [2.24, 2.45) is 23.7 Å². The van der Waals surface area contributed by atoms with E-state index in [9.17, 15) is 23.1 Å². The second kappa shape index (κ2) is 7.65. The van der Waals surface area contributed by atoms with E-state index >= 15 is 0 Å². The van der Waals surface area contributed by atoms with Crippen molar-refractivity contribution in [1.82, 2.24) is 0 Å². The van der Waals surface area contributed by atoms with Crippen molar-refractivity contribution in [2.75, 3.05) is 0 Å². The Bertz CT molecular complexity index is 1130. The van der Waals surface area contributed by atoms with E-state index in [1.54, 1.807) is 18.2 Å². The van der Waals surface area contributed by atoms with Gasteiger partial charge in [-0.3, -0.25) is 4.79 Å². The predicted molar refractivity (Wildman–Crippen MR) is 118 cm³/mol. The molecule has 0 saturated heterocycles. The van der Waals surface area contributed by atoms with Gasteiger partial charge in [0.25, 0.3) is 0 Å². The second-order valence-corrected chi connectivity index (χ2v) is 9.68. The largest absolute Gasteiger partial charge is 0.511 e. The summed E-state index contributed by atoms with van der Waals surface area (Å²) in [5, 5.41) is 10.8. The Morgan fingerprint density at radius 2 is 1.56 bits per heavy atom. The highest BCUT2D eigenvalue weighted by Gasteiger charge is 2.54. The van der Waals surface area contributed by atoms with Crippen LogP contribution in [-0.2, 0) is 17.4 Å². The number of allylic oxidation sites excluding steroid dienone is 2. The third kappa shape index (κ3) is 3.28. The maximum atomic E-state index is 13.5. The molecule has 0 aliphatic heterocycles. The average Bonchev–Trinajstić information content (AvgIpc) is 3.06. The number of Topliss-reactive ketones (excluding diaryl/α,β-unsaturated/α-hetero) is 1. The standard InChI is InChI=1S/C26H24ClF3O2/c1-2-13-3-8-16(17-9-10-20(27)19(12-17)26(28,29)30)11-18(13)23-24(31)21-14-4-5-15(7-6-14)22(21)25(23)32/h3,8-12,14-15,21-22,31H,2,4-7H2,1H3/t14?,15?,21-,22?/m0/s1. The van der Waals surface area contributed by atoms with E-state index in [0.717, 1.165) is 37.3 Å². The van der Waals surface area contributed by atoms with Gasteiger partial charge in [-0.15, -0.1) is 0 Å². The van der Waals surface area contributed by atoms with Crippen LogP contribution in [0.1, 0.15) is 49.3 Å². The van der Waals surface area contributed by atoms with Crippen molar-refractivity contribution in [3.05, 3.63) is 63.9 Å². The number of aliphatic hydroxyl groups is 1. The monoisotopic (exact) mass is 460 g/mol. The van der Waals surface area contributed by atoms with E-state index in [-0.39, 0.29) is 28.4 Å². The molecule has 0 radical (unpaired) electrons. The molecule has 168 valence electrons. The quantitative estimate of drug-likeness (QED) is 0.515. The van der Waals surface area contributed by atoms with Crippen molar-refractivity contribution in [2.45, 2.75) is 45.2 Å². The molecule has 2 atom stereocenters. The van der Waals surface area contributed by atoms with Crippen LogP contribution in [0.2, 0.25) is 5.02 Å². The molecule has 4 aliphatic rings. The molecule has 0 spiro atoms. The van der Waals surface area contributed by atoms with Crippen LogP contribution in [0.4, 0.5) is 13.2 Å². The number of ketones is 1. The van der Waals surface area contributed by atoms with E-state index in [2.05, 4.69) is 0 Å². The van der Waals surface area contributed by atoms with Gasteiger partial charge in [-0.25, -0.2) is 0 Å². The normalized spacial score (nSPS) is 27.2. The van der Waals surface area contributed by atoms with Gasteiger partial charge in [0.05, 0.1) is 16.2 Å². The molecule has 2 aromatic rings. The number of fused-ring (bicyclic) bond motifs is 2. The Hall–Kier alpha value is -2.27. The molecule has 2 aromatic carbocycles. The van der Waals surface area contributed by atoms with Crippen LogP contribution in [0.15, 0.2) is 42.2 Å². The zero-order chi connectivity index (χ0) is 22.8. The van der Waals surface area contributed by atoms with Gasteiger partial charge in [0, 0.05) is 11.8 Å². The molecule has 1 unspecified atom stereocenters. The van der Waals surface area contributed by atoms with E-state index < -0.39 is 11.7 Å². The molecular weight excluding hydrogens is 437 g/mol. The zero-order valence-corrected chi connectivity index (χ0v) is 18.4. The summed E-state index contributed by atoms with van der Waals surface area (Å²) in [5.41, 5.74) is 1.96. The molecule has 6 heteroatoms. The van der Waals surface area contributed by atoms with Crippen LogP contribution in [0.3, 0.4) is 0 Å². The van der Waals surface area contributed by atoms with E-state index in [1.807, 2.05) is 13.0 Å². The fourth-order valence-electron chi connectivity index (χ4n) is 6.17. The first-order chi connectivity index (χ1) is 15.2. The van der Waals surface area contributed by atoms with Crippen LogP contribution in [-0.4, -0.2) is 10.9 Å². The zero-order valence-electron chi connectivity index (χ0n) is 17.7. The summed E-state index contributed by atoms with van der Waals surface area (Å²) >= 11 is 5.79. The fraction of sp³-hybridized carbons (Fsp3) is 0.423. The lowest BCUT2D eigenvalue weighted by molar-refractivity contribution is -0.137. The summed E-state index contributed by atoms with van der Waals surface area (Å²) in [7, 11) is 0. The topological polar surface area (TPSA) is 37.3 Å². The Balaban J connectivity index is 1.62. The summed E-state index contributed by atoms with van der Waals surface area (Å²) in [6.07, 6.45) is 0.241. The highest BCUT2D eigenvalue weighted by Crippen LogP contribution is 2.57. The Labute approximate surface area is 190 Å². The molecule has 32 heavy (non-hydrogen) atoms. The summed E-state index contributed by atoms with van der Waals surface area (Å²) < 4.78 is 40.1. The fourth-order valence-corrected chi connectivity index (χ4v) is 6.39. The highest BCUT2D eigenvalue weighted by molar-refractivity contribution is 6.31. The van der Waals surface area contributed by atoms with Crippen LogP contribution in [0, 0.1) is 23.7 Å². The van der Waals surface area contributed by atoms with E-state index in [0.29, 0.717) is 40.5 Å². The van der Waals surface area contributed by atoms with E-state index in [4.69, 9.17) is 11.6 Å². The summed E-state index contributed by atoms with van der Waals surface area (Å²) in [6, 6.07) is 9.20. The Kier molecular flexibility index (Phi) is 5.16. The summed E-state index contributed by atoms with van der Waals surface area (Å²) in [4.78, 5) is 13.5. The highest BCUT2D eigenvalue weighted by atomic mass is 35.5. The first-order valence-electron chi connectivity index (χ1n) is 11.2. The molecule has 0 aromatic heterocycles. The summed E-state index contributed by atoms with van der Waals surface area (Å²) in [6.45, 7) is 1.97. The van der Waals surface area contributed by atoms with Gasteiger partial charge in [-0.1, -0.05) is 36.7 Å². The smallest absolute Gasteiger partial charge is 0.417 e. The van der Waals surface area contributed by atoms with Gasteiger partial charge in [0.2, 0.25) is 0 Å². The van der Waals surface area contributed by atoms with Gasteiger partial charge in [-0.2, -0.15) is 13.2 Å². The van der Waals surface area contributed by atoms with E-state index in [1.165, 1.54) is 6.07 Å². The van der Waals surface area contributed by atoms with Crippen LogP contribution < -0.4 is 0 Å². The lowest BCUT2D eigenvalue weighted by Crippen LogP contribution is -2.41. The van der Waals surface area contributed by atoms with Crippen LogP contribution in [0.25, 0.3) is 16.7 Å². The maximum absolute atomic E-state index is 13.5. The molecule has 6 rings (SSSR count). The minimum atomic E-state index is -4.56. The first kappa shape index (κ1) is 21.6. The van der Waals surface area contributed by atoms with Crippen LogP contribution >= 0.6 is 11.6 Å². The number of rotatable bonds is 3. The number of hydrogen-bond donors (Lipinski definition) is 1. The minimum absolute atomic E-state index is 0.000775. The maximum Gasteiger partial charge on any atom is 0.417 e. The molecule has 3 saturated carbocycles. The van der Waals surface area contributed by atoms with Crippen LogP contribution in [0.5, 0.6) is 0 Å². The lowest BCUT2D eigenvalue weighted by atomic mass is 9.59. The molecule has 1 N–H and O–H groups in total. The number of aliphatic hydroxyl groups excluding tert-OH is 1. The molecule has 0 amide bonds. The third-order valence-corrected chi connectivity index (χ3v) is 8.03. The predicted octanol–water partition coefficient (Wildman–Crippen LogP) is 7.49. The number of benzene rings is 2.